The lowest BCUT2D eigenvalue weighted by molar-refractivity contribution is -0.115. The SMILES string of the molecule is COc1cccc(NC(=O)CNCC(C)(O)CSC)c1. The highest BCUT2D eigenvalue weighted by molar-refractivity contribution is 7.98. The van der Waals surface area contributed by atoms with Crippen molar-refractivity contribution in [2.24, 2.45) is 0 Å². The van der Waals surface area contributed by atoms with E-state index in [0.29, 0.717) is 23.7 Å². The van der Waals surface area contributed by atoms with E-state index in [1.807, 2.05) is 18.4 Å². The van der Waals surface area contributed by atoms with Crippen molar-refractivity contribution < 1.29 is 14.6 Å². The predicted octanol–water partition coefficient (Wildman–Crippen LogP) is 1.34. The third-order valence-corrected chi connectivity index (χ3v) is 3.51. The summed E-state index contributed by atoms with van der Waals surface area (Å²) < 4.78 is 5.09. The van der Waals surface area contributed by atoms with Crippen LogP contribution in [0.25, 0.3) is 0 Å². The van der Waals surface area contributed by atoms with Gasteiger partial charge in [0, 0.05) is 24.1 Å². The maximum Gasteiger partial charge on any atom is 0.238 e. The second-order valence-corrected chi connectivity index (χ2v) is 5.68. The van der Waals surface area contributed by atoms with Crippen LogP contribution >= 0.6 is 11.8 Å². The van der Waals surface area contributed by atoms with Crippen molar-refractivity contribution in [3.63, 3.8) is 0 Å². The lowest BCUT2D eigenvalue weighted by Gasteiger charge is -2.22. The Morgan fingerprint density at radius 3 is 2.90 bits per heavy atom. The molecule has 0 aliphatic rings. The summed E-state index contributed by atoms with van der Waals surface area (Å²) >= 11 is 1.57. The average molecular weight is 298 g/mol. The highest BCUT2D eigenvalue weighted by Gasteiger charge is 2.19. The van der Waals surface area contributed by atoms with Crippen molar-refractivity contribution in [2.45, 2.75) is 12.5 Å². The van der Waals surface area contributed by atoms with E-state index in [0.717, 1.165) is 0 Å². The van der Waals surface area contributed by atoms with Gasteiger partial charge in [-0.05, 0) is 25.3 Å². The van der Waals surface area contributed by atoms with E-state index < -0.39 is 5.60 Å². The van der Waals surface area contributed by atoms with Crippen molar-refractivity contribution in [1.29, 1.82) is 0 Å². The molecular weight excluding hydrogens is 276 g/mol. The number of hydrogen-bond acceptors (Lipinski definition) is 5. The van der Waals surface area contributed by atoms with Crippen molar-refractivity contribution >= 4 is 23.4 Å². The maximum absolute atomic E-state index is 11.8. The smallest absolute Gasteiger partial charge is 0.238 e. The zero-order valence-corrected chi connectivity index (χ0v) is 12.9. The van der Waals surface area contributed by atoms with Crippen LogP contribution in [0.3, 0.4) is 0 Å². The van der Waals surface area contributed by atoms with Gasteiger partial charge in [0.15, 0.2) is 0 Å². The highest BCUT2D eigenvalue weighted by Crippen LogP contribution is 2.16. The van der Waals surface area contributed by atoms with E-state index >= 15 is 0 Å². The molecule has 0 saturated carbocycles. The molecule has 1 atom stereocenters. The Hall–Kier alpha value is -1.24. The molecule has 6 heteroatoms. The first-order valence-corrected chi connectivity index (χ1v) is 7.72. The number of amides is 1. The van der Waals surface area contributed by atoms with Crippen LogP contribution in [0.2, 0.25) is 0 Å². The molecule has 0 fully saturated rings. The van der Waals surface area contributed by atoms with Gasteiger partial charge in [-0.15, -0.1) is 0 Å². The summed E-state index contributed by atoms with van der Waals surface area (Å²) in [6.45, 7) is 2.28. The Morgan fingerprint density at radius 1 is 1.50 bits per heavy atom. The minimum atomic E-state index is -0.810. The van der Waals surface area contributed by atoms with Crippen molar-refractivity contribution in [2.75, 3.05) is 37.5 Å². The van der Waals surface area contributed by atoms with Gasteiger partial charge in [-0.3, -0.25) is 4.79 Å². The van der Waals surface area contributed by atoms with Gasteiger partial charge in [0.25, 0.3) is 0 Å². The molecule has 0 heterocycles. The third-order valence-electron chi connectivity index (χ3n) is 2.60. The summed E-state index contributed by atoms with van der Waals surface area (Å²) in [7, 11) is 1.58. The van der Waals surface area contributed by atoms with Crippen LogP contribution in [-0.2, 0) is 4.79 Å². The predicted molar refractivity (Wildman–Crippen MR) is 83.5 cm³/mol. The van der Waals surface area contributed by atoms with E-state index in [9.17, 15) is 9.90 Å². The molecule has 0 saturated heterocycles. The summed E-state index contributed by atoms with van der Waals surface area (Å²) in [6, 6.07) is 7.17. The Kier molecular flexibility index (Phi) is 6.84. The molecule has 3 N–H and O–H groups in total. The normalized spacial score (nSPS) is 13.6. The monoisotopic (exact) mass is 298 g/mol. The summed E-state index contributed by atoms with van der Waals surface area (Å²) in [5.41, 5.74) is -0.123. The van der Waals surface area contributed by atoms with Gasteiger partial charge in [0.05, 0.1) is 19.3 Å². The molecule has 0 radical (unpaired) electrons. The molecule has 1 aromatic carbocycles. The molecular formula is C14H22N2O3S. The molecule has 0 aromatic heterocycles. The van der Waals surface area contributed by atoms with Crippen LogP contribution in [0, 0.1) is 0 Å². The van der Waals surface area contributed by atoms with Gasteiger partial charge in [0.1, 0.15) is 5.75 Å². The molecule has 0 aliphatic carbocycles. The molecule has 0 aliphatic heterocycles. The van der Waals surface area contributed by atoms with Gasteiger partial charge < -0.3 is 20.5 Å². The quantitative estimate of drug-likeness (QED) is 0.675. The number of rotatable bonds is 8. The van der Waals surface area contributed by atoms with Crippen LogP contribution in [0.5, 0.6) is 5.75 Å². The van der Waals surface area contributed by atoms with Gasteiger partial charge >= 0.3 is 0 Å². The number of thioether (sulfide) groups is 1. The Bertz CT molecular complexity index is 438. The standard InChI is InChI=1S/C14H22N2O3S/c1-14(18,10-20-3)9-15-8-13(17)16-11-5-4-6-12(7-11)19-2/h4-7,15,18H,8-10H2,1-3H3,(H,16,17). The first-order valence-electron chi connectivity index (χ1n) is 6.33. The lowest BCUT2D eigenvalue weighted by atomic mass is 10.1. The summed E-state index contributed by atoms with van der Waals surface area (Å²) in [5, 5.41) is 15.7. The zero-order chi connectivity index (χ0) is 15.0. The fourth-order valence-electron chi connectivity index (χ4n) is 1.71. The van der Waals surface area contributed by atoms with Gasteiger partial charge in [-0.2, -0.15) is 11.8 Å². The van der Waals surface area contributed by atoms with Crippen LogP contribution < -0.4 is 15.4 Å². The van der Waals surface area contributed by atoms with Crippen LogP contribution in [0.1, 0.15) is 6.92 Å². The summed E-state index contributed by atoms with van der Waals surface area (Å²) in [5.74, 6) is 1.16. The van der Waals surface area contributed by atoms with Gasteiger partial charge in [-0.1, -0.05) is 6.07 Å². The van der Waals surface area contributed by atoms with Crippen molar-refractivity contribution in [3.05, 3.63) is 24.3 Å². The van der Waals surface area contributed by atoms with Gasteiger partial charge in [-0.25, -0.2) is 0 Å². The highest BCUT2D eigenvalue weighted by atomic mass is 32.2. The number of ether oxygens (including phenoxy) is 1. The third kappa shape index (κ3) is 6.27. The first kappa shape index (κ1) is 16.8. The Balaban J connectivity index is 2.36. The fourth-order valence-corrected chi connectivity index (χ4v) is 2.44. The summed E-state index contributed by atoms with van der Waals surface area (Å²) in [6.07, 6.45) is 1.93. The van der Waals surface area contributed by atoms with Gasteiger partial charge in [0.2, 0.25) is 5.91 Å². The second kappa shape index (κ2) is 8.14. The van der Waals surface area contributed by atoms with Crippen LogP contribution in [-0.4, -0.2) is 48.8 Å². The van der Waals surface area contributed by atoms with Crippen LogP contribution in [0.15, 0.2) is 24.3 Å². The Morgan fingerprint density at radius 2 is 2.25 bits per heavy atom. The molecule has 0 spiro atoms. The Labute approximate surface area is 124 Å². The second-order valence-electron chi connectivity index (χ2n) is 4.81. The van der Waals surface area contributed by atoms with E-state index in [4.69, 9.17) is 4.74 Å². The number of aliphatic hydroxyl groups is 1. The molecule has 1 rings (SSSR count). The minimum Gasteiger partial charge on any atom is -0.497 e. The van der Waals surface area contributed by atoms with E-state index in [1.54, 1.807) is 37.9 Å². The first-order chi connectivity index (χ1) is 9.46. The van der Waals surface area contributed by atoms with Crippen molar-refractivity contribution in [3.8, 4) is 5.75 Å². The zero-order valence-electron chi connectivity index (χ0n) is 12.1. The fraction of sp³-hybridized carbons (Fsp3) is 0.500. The molecule has 1 amide bonds. The number of carbonyl (C=O) groups excluding carboxylic acids is 1. The lowest BCUT2D eigenvalue weighted by Crippen LogP contribution is -2.42. The minimum absolute atomic E-state index is 0.154. The average Bonchev–Trinajstić information content (AvgIpc) is 2.38. The summed E-state index contributed by atoms with van der Waals surface area (Å²) in [4.78, 5) is 11.8. The topological polar surface area (TPSA) is 70.6 Å². The molecule has 112 valence electrons. The van der Waals surface area contributed by atoms with E-state index in [-0.39, 0.29) is 12.5 Å². The number of benzene rings is 1. The van der Waals surface area contributed by atoms with Crippen LogP contribution in [0.4, 0.5) is 5.69 Å². The number of nitrogens with one attached hydrogen (secondary N) is 2. The number of carbonyl (C=O) groups is 1. The number of methoxy groups -OCH3 is 1. The maximum atomic E-state index is 11.8. The molecule has 1 unspecified atom stereocenters. The molecule has 5 nitrogen and oxygen atoms in total. The van der Waals surface area contributed by atoms with Crippen molar-refractivity contribution in [1.82, 2.24) is 5.32 Å². The van der Waals surface area contributed by atoms with E-state index in [2.05, 4.69) is 10.6 Å². The molecule has 0 bridgehead atoms. The molecule has 1 aromatic rings. The number of anilines is 1. The largest absolute Gasteiger partial charge is 0.497 e. The number of hydrogen-bond donors (Lipinski definition) is 3. The van der Waals surface area contributed by atoms with E-state index in [1.165, 1.54) is 0 Å². The molecule has 20 heavy (non-hydrogen) atoms.